The van der Waals surface area contributed by atoms with E-state index < -0.39 is 0 Å². The first-order chi connectivity index (χ1) is 7.58. The van der Waals surface area contributed by atoms with E-state index in [9.17, 15) is 4.79 Å². The summed E-state index contributed by atoms with van der Waals surface area (Å²) < 4.78 is 8.29. The number of hydrogen-bond donors (Lipinski definition) is 0. The molecule has 0 bridgehead atoms. The van der Waals surface area contributed by atoms with Crippen molar-refractivity contribution < 1.29 is 4.74 Å². The van der Waals surface area contributed by atoms with Gasteiger partial charge in [-0.3, -0.25) is 4.79 Å². The summed E-state index contributed by atoms with van der Waals surface area (Å²) in [6.45, 7) is 2.57. The Labute approximate surface area is 110 Å². The summed E-state index contributed by atoms with van der Waals surface area (Å²) in [5, 5.41) is 4.07. The van der Waals surface area contributed by atoms with E-state index in [2.05, 4.69) is 37.0 Å². The van der Waals surface area contributed by atoms with Gasteiger partial charge in [0.25, 0.3) is 5.56 Å². The lowest BCUT2D eigenvalue weighted by Gasteiger charge is -2.12. The second-order valence-corrected chi connectivity index (χ2v) is 5.59. The molecule has 16 heavy (non-hydrogen) atoms. The SMILES string of the molecule is CC1CCC(Cn2ncc(Br)c(Br)c2=O)O1. The van der Waals surface area contributed by atoms with Gasteiger partial charge in [-0.2, -0.15) is 5.10 Å². The van der Waals surface area contributed by atoms with E-state index in [-0.39, 0.29) is 11.7 Å². The molecule has 6 heteroatoms. The van der Waals surface area contributed by atoms with Crippen molar-refractivity contribution in [1.82, 2.24) is 9.78 Å². The van der Waals surface area contributed by atoms with E-state index in [0.717, 1.165) is 12.8 Å². The molecule has 1 fully saturated rings. The van der Waals surface area contributed by atoms with Crippen molar-refractivity contribution in [3.63, 3.8) is 0 Å². The highest BCUT2D eigenvalue weighted by Crippen LogP contribution is 2.21. The third-order valence-electron chi connectivity index (χ3n) is 2.64. The van der Waals surface area contributed by atoms with Gasteiger partial charge in [0.1, 0.15) is 4.47 Å². The fourth-order valence-electron chi connectivity index (χ4n) is 1.79. The molecular weight excluding hydrogens is 340 g/mol. The lowest BCUT2D eigenvalue weighted by molar-refractivity contribution is 0.0427. The van der Waals surface area contributed by atoms with Gasteiger partial charge in [-0.1, -0.05) is 0 Å². The molecule has 1 aliphatic rings. The van der Waals surface area contributed by atoms with E-state index in [1.807, 2.05) is 6.92 Å². The van der Waals surface area contributed by atoms with Gasteiger partial charge in [-0.15, -0.1) is 0 Å². The van der Waals surface area contributed by atoms with Crippen molar-refractivity contribution in [3.8, 4) is 0 Å². The van der Waals surface area contributed by atoms with E-state index in [0.29, 0.717) is 21.6 Å². The molecule has 0 radical (unpaired) electrons. The van der Waals surface area contributed by atoms with Gasteiger partial charge in [0.15, 0.2) is 0 Å². The molecule has 0 aromatic carbocycles. The van der Waals surface area contributed by atoms with Crippen LogP contribution < -0.4 is 5.56 Å². The topological polar surface area (TPSA) is 44.1 Å². The van der Waals surface area contributed by atoms with E-state index in [1.165, 1.54) is 4.68 Å². The second kappa shape index (κ2) is 4.98. The molecule has 2 atom stereocenters. The summed E-state index contributed by atoms with van der Waals surface area (Å²) in [6.07, 6.45) is 4.05. The lowest BCUT2D eigenvalue weighted by atomic mass is 10.2. The lowest BCUT2D eigenvalue weighted by Crippen LogP contribution is -2.29. The van der Waals surface area contributed by atoms with Gasteiger partial charge in [-0.05, 0) is 51.6 Å². The molecule has 1 aliphatic heterocycles. The Morgan fingerprint density at radius 3 is 2.94 bits per heavy atom. The molecule has 88 valence electrons. The average Bonchev–Trinajstić information content (AvgIpc) is 2.65. The van der Waals surface area contributed by atoms with Crippen molar-refractivity contribution in [2.45, 2.75) is 38.5 Å². The zero-order valence-corrected chi connectivity index (χ0v) is 12.0. The highest BCUT2D eigenvalue weighted by molar-refractivity contribution is 9.13. The molecule has 1 saturated heterocycles. The number of nitrogens with zero attached hydrogens (tertiary/aromatic N) is 2. The fourth-order valence-corrected chi connectivity index (χ4v) is 2.36. The van der Waals surface area contributed by atoms with Gasteiger partial charge in [-0.25, -0.2) is 4.68 Å². The Morgan fingerprint density at radius 2 is 2.31 bits per heavy atom. The fraction of sp³-hybridized carbons (Fsp3) is 0.600. The summed E-state index contributed by atoms with van der Waals surface area (Å²) in [6, 6.07) is 0. The molecule has 2 heterocycles. The van der Waals surface area contributed by atoms with Crippen LogP contribution in [-0.2, 0) is 11.3 Å². The normalized spacial score (nSPS) is 24.9. The molecule has 0 amide bonds. The van der Waals surface area contributed by atoms with E-state index >= 15 is 0 Å². The predicted molar refractivity (Wildman–Crippen MR) is 67.5 cm³/mol. The number of rotatable bonds is 2. The van der Waals surface area contributed by atoms with Crippen LogP contribution in [0.3, 0.4) is 0 Å². The number of hydrogen-bond acceptors (Lipinski definition) is 3. The summed E-state index contributed by atoms with van der Waals surface area (Å²) in [4.78, 5) is 11.8. The smallest absolute Gasteiger partial charge is 0.282 e. The van der Waals surface area contributed by atoms with Crippen LogP contribution in [0.15, 0.2) is 19.9 Å². The molecule has 2 unspecified atom stereocenters. The molecule has 4 nitrogen and oxygen atoms in total. The van der Waals surface area contributed by atoms with E-state index in [1.54, 1.807) is 6.20 Å². The third-order valence-corrected chi connectivity index (χ3v) is 4.54. The van der Waals surface area contributed by atoms with Crippen molar-refractivity contribution in [2.24, 2.45) is 0 Å². The number of halogens is 2. The zero-order chi connectivity index (χ0) is 11.7. The predicted octanol–water partition coefficient (Wildman–Crippen LogP) is 2.34. The standard InChI is InChI=1S/C10H12Br2N2O2/c1-6-2-3-7(16-6)5-14-10(15)9(12)8(11)4-13-14/h4,6-7H,2-3,5H2,1H3. The maximum atomic E-state index is 11.8. The summed E-state index contributed by atoms with van der Waals surface area (Å²) >= 11 is 6.48. The molecule has 0 N–H and O–H groups in total. The average molecular weight is 352 g/mol. The van der Waals surface area contributed by atoms with Gasteiger partial charge in [0, 0.05) is 0 Å². The van der Waals surface area contributed by atoms with Crippen LogP contribution in [0.5, 0.6) is 0 Å². The summed E-state index contributed by atoms with van der Waals surface area (Å²) in [5.74, 6) is 0. The first-order valence-electron chi connectivity index (χ1n) is 5.14. The Bertz CT molecular complexity index is 447. The maximum Gasteiger partial charge on any atom is 0.282 e. The van der Waals surface area contributed by atoms with Crippen LogP contribution in [0.2, 0.25) is 0 Å². The Kier molecular flexibility index (Phi) is 3.81. The Balaban J connectivity index is 2.16. The van der Waals surface area contributed by atoms with Crippen LogP contribution >= 0.6 is 31.9 Å². The number of aromatic nitrogens is 2. The molecule has 0 saturated carbocycles. The highest BCUT2D eigenvalue weighted by atomic mass is 79.9. The van der Waals surface area contributed by atoms with Gasteiger partial charge in [0.05, 0.1) is 29.4 Å². The quantitative estimate of drug-likeness (QED) is 0.821. The monoisotopic (exact) mass is 350 g/mol. The number of ether oxygens (including phenoxy) is 1. The third kappa shape index (κ3) is 2.55. The van der Waals surface area contributed by atoms with Crippen LogP contribution in [0.4, 0.5) is 0 Å². The minimum Gasteiger partial charge on any atom is -0.373 e. The van der Waals surface area contributed by atoms with Crippen LogP contribution in [0, 0.1) is 0 Å². The minimum atomic E-state index is -0.127. The maximum absolute atomic E-state index is 11.8. The minimum absolute atomic E-state index is 0.105. The molecule has 0 spiro atoms. The summed E-state index contributed by atoms with van der Waals surface area (Å²) in [5.41, 5.74) is -0.127. The molecular formula is C10H12Br2N2O2. The van der Waals surface area contributed by atoms with Gasteiger partial charge < -0.3 is 4.74 Å². The van der Waals surface area contributed by atoms with Crippen LogP contribution in [0.1, 0.15) is 19.8 Å². The van der Waals surface area contributed by atoms with Crippen LogP contribution in [0.25, 0.3) is 0 Å². The van der Waals surface area contributed by atoms with Crippen molar-refractivity contribution in [1.29, 1.82) is 0 Å². The molecule has 0 aliphatic carbocycles. The largest absolute Gasteiger partial charge is 0.373 e. The summed E-state index contributed by atoms with van der Waals surface area (Å²) in [7, 11) is 0. The van der Waals surface area contributed by atoms with Gasteiger partial charge in [0.2, 0.25) is 0 Å². The Hall–Kier alpha value is -0.200. The first-order valence-corrected chi connectivity index (χ1v) is 6.73. The second-order valence-electron chi connectivity index (χ2n) is 3.94. The van der Waals surface area contributed by atoms with Crippen molar-refractivity contribution in [3.05, 3.63) is 25.5 Å². The van der Waals surface area contributed by atoms with Crippen LogP contribution in [-0.4, -0.2) is 22.0 Å². The molecule has 1 aromatic heterocycles. The van der Waals surface area contributed by atoms with Gasteiger partial charge >= 0.3 is 0 Å². The van der Waals surface area contributed by atoms with Crippen molar-refractivity contribution >= 4 is 31.9 Å². The molecule has 1 aromatic rings. The first kappa shape index (κ1) is 12.3. The Morgan fingerprint density at radius 1 is 1.56 bits per heavy atom. The molecule has 2 rings (SSSR count). The zero-order valence-electron chi connectivity index (χ0n) is 8.82. The van der Waals surface area contributed by atoms with Crippen molar-refractivity contribution in [2.75, 3.05) is 0 Å². The highest BCUT2D eigenvalue weighted by Gasteiger charge is 2.23. The van der Waals surface area contributed by atoms with E-state index in [4.69, 9.17) is 4.74 Å².